The van der Waals surface area contributed by atoms with Crippen molar-refractivity contribution in [3.63, 3.8) is 0 Å². The van der Waals surface area contributed by atoms with E-state index in [9.17, 15) is 8.42 Å². The molecule has 1 aromatic heterocycles. The molecule has 0 amide bonds. The molecule has 1 aliphatic carbocycles. The lowest BCUT2D eigenvalue weighted by Crippen LogP contribution is -2.34. The summed E-state index contributed by atoms with van der Waals surface area (Å²) in [7, 11) is -1.81. The number of aromatic nitrogens is 1. The number of rotatable bonds is 7. The summed E-state index contributed by atoms with van der Waals surface area (Å²) in [5.41, 5.74) is 0. The number of nitrogens with zero attached hydrogens (tertiary/aromatic N) is 2. The second-order valence-corrected chi connectivity index (χ2v) is 7.73. The lowest BCUT2D eigenvalue weighted by Gasteiger charge is -2.22. The van der Waals surface area contributed by atoms with Gasteiger partial charge in [-0.2, -0.15) is 4.31 Å². The first-order valence-corrected chi connectivity index (χ1v) is 9.09. The van der Waals surface area contributed by atoms with E-state index in [0.29, 0.717) is 16.8 Å². The van der Waals surface area contributed by atoms with Gasteiger partial charge in [-0.1, -0.05) is 13.3 Å². The second-order valence-electron chi connectivity index (χ2n) is 4.95. The van der Waals surface area contributed by atoms with Crippen LogP contribution in [0.5, 0.6) is 0 Å². The number of hydrogen-bond donors (Lipinski definition) is 1. The van der Waals surface area contributed by atoms with E-state index in [1.165, 1.54) is 0 Å². The van der Waals surface area contributed by atoms with Crippen LogP contribution in [0.1, 0.15) is 32.6 Å². The minimum Gasteiger partial charge on any atom is -0.372 e. The van der Waals surface area contributed by atoms with Crippen LogP contribution in [0.15, 0.2) is 21.6 Å². The molecule has 0 aliphatic heterocycles. The molecule has 5 nitrogen and oxygen atoms in total. The van der Waals surface area contributed by atoms with E-state index in [1.54, 1.807) is 23.6 Å². The van der Waals surface area contributed by atoms with E-state index < -0.39 is 10.0 Å². The van der Waals surface area contributed by atoms with Gasteiger partial charge in [0.15, 0.2) is 0 Å². The molecule has 20 heavy (non-hydrogen) atoms. The van der Waals surface area contributed by atoms with Crippen molar-refractivity contribution >= 4 is 31.8 Å². The van der Waals surface area contributed by atoms with Gasteiger partial charge in [0.25, 0.3) is 0 Å². The Kier molecular flexibility index (Phi) is 5.04. The van der Waals surface area contributed by atoms with Gasteiger partial charge in [0.05, 0.1) is 0 Å². The molecule has 1 fully saturated rings. The largest absolute Gasteiger partial charge is 0.372 e. The Balaban J connectivity index is 2.39. The Morgan fingerprint density at radius 3 is 2.75 bits per heavy atom. The van der Waals surface area contributed by atoms with E-state index in [0.717, 1.165) is 25.7 Å². The number of halogens is 1. The fourth-order valence-electron chi connectivity index (χ4n) is 2.11. The van der Waals surface area contributed by atoms with Crippen molar-refractivity contribution < 1.29 is 8.42 Å². The molecule has 7 heteroatoms. The molecule has 0 saturated heterocycles. The van der Waals surface area contributed by atoms with Gasteiger partial charge in [-0.3, -0.25) is 0 Å². The highest BCUT2D eigenvalue weighted by atomic mass is 79.9. The maximum atomic E-state index is 12.9. The van der Waals surface area contributed by atoms with Crippen LogP contribution in [-0.4, -0.2) is 37.3 Å². The van der Waals surface area contributed by atoms with Gasteiger partial charge in [0.2, 0.25) is 10.0 Å². The number of unbranched alkanes of at least 4 members (excludes halogenated alkanes) is 1. The third-order valence-electron chi connectivity index (χ3n) is 3.33. The number of pyridine rings is 1. The highest BCUT2D eigenvalue weighted by Crippen LogP contribution is 2.34. The third kappa shape index (κ3) is 3.32. The Bertz CT molecular complexity index is 573. The van der Waals surface area contributed by atoms with Gasteiger partial charge in [0, 0.05) is 30.3 Å². The van der Waals surface area contributed by atoms with Crippen LogP contribution in [0.25, 0.3) is 0 Å². The van der Waals surface area contributed by atoms with Crippen molar-refractivity contribution in [1.29, 1.82) is 0 Å². The van der Waals surface area contributed by atoms with E-state index >= 15 is 0 Å². The first-order valence-electron chi connectivity index (χ1n) is 6.85. The lowest BCUT2D eigenvalue weighted by atomic mass is 10.3. The topological polar surface area (TPSA) is 62.3 Å². The normalized spacial score (nSPS) is 15.6. The highest BCUT2D eigenvalue weighted by Gasteiger charge is 2.38. The molecule has 2 rings (SSSR count). The minimum atomic E-state index is -3.50. The molecule has 1 heterocycles. The number of hydrogen-bond acceptors (Lipinski definition) is 4. The zero-order valence-electron chi connectivity index (χ0n) is 11.8. The molecule has 1 aliphatic rings. The molecular formula is C13H20BrN3O2S. The van der Waals surface area contributed by atoms with Crippen molar-refractivity contribution in [3.05, 3.63) is 16.7 Å². The van der Waals surface area contributed by atoms with E-state index in [4.69, 9.17) is 0 Å². The van der Waals surface area contributed by atoms with Gasteiger partial charge in [-0.15, -0.1) is 0 Å². The molecule has 0 aromatic carbocycles. The van der Waals surface area contributed by atoms with Crippen molar-refractivity contribution in [3.8, 4) is 0 Å². The molecule has 0 radical (unpaired) electrons. The quantitative estimate of drug-likeness (QED) is 0.810. The van der Waals surface area contributed by atoms with Crippen LogP contribution in [0.2, 0.25) is 0 Å². The van der Waals surface area contributed by atoms with Crippen molar-refractivity contribution in [2.45, 2.75) is 43.5 Å². The molecular weight excluding hydrogens is 342 g/mol. The van der Waals surface area contributed by atoms with E-state index in [1.807, 2.05) is 0 Å². The Morgan fingerprint density at radius 1 is 1.50 bits per heavy atom. The van der Waals surface area contributed by atoms with Crippen molar-refractivity contribution in [2.24, 2.45) is 0 Å². The summed E-state index contributed by atoms with van der Waals surface area (Å²) in [6, 6.07) is 1.78. The minimum absolute atomic E-state index is 0.162. The Hall–Kier alpha value is -0.660. The highest BCUT2D eigenvalue weighted by molar-refractivity contribution is 9.10. The average molecular weight is 362 g/mol. The van der Waals surface area contributed by atoms with Crippen LogP contribution in [-0.2, 0) is 10.0 Å². The Labute approximate surface area is 129 Å². The van der Waals surface area contributed by atoms with Crippen molar-refractivity contribution in [2.75, 3.05) is 18.9 Å². The first kappa shape index (κ1) is 15.7. The zero-order valence-corrected chi connectivity index (χ0v) is 14.2. The smallest absolute Gasteiger partial charge is 0.247 e. The number of nitrogens with one attached hydrogen (secondary N) is 1. The summed E-state index contributed by atoms with van der Waals surface area (Å²) in [6.45, 7) is 2.65. The zero-order chi connectivity index (χ0) is 14.8. The number of anilines is 1. The molecule has 0 spiro atoms. The summed E-state index contributed by atoms with van der Waals surface area (Å²) in [6.07, 6.45) is 5.37. The fourth-order valence-corrected chi connectivity index (χ4v) is 4.49. The molecule has 1 aromatic rings. The van der Waals surface area contributed by atoms with Gasteiger partial charge >= 0.3 is 0 Å². The molecule has 0 unspecified atom stereocenters. The van der Waals surface area contributed by atoms with Crippen LogP contribution in [0.3, 0.4) is 0 Å². The molecule has 1 N–H and O–H groups in total. The van der Waals surface area contributed by atoms with Gasteiger partial charge in [0.1, 0.15) is 10.7 Å². The van der Waals surface area contributed by atoms with Crippen LogP contribution in [0.4, 0.5) is 5.82 Å². The first-order chi connectivity index (χ1) is 9.50. The van der Waals surface area contributed by atoms with Gasteiger partial charge in [-0.05, 0) is 41.3 Å². The van der Waals surface area contributed by atoms with Gasteiger partial charge < -0.3 is 5.32 Å². The van der Waals surface area contributed by atoms with Crippen LogP contribution < -0.4 is 5.32 Å². The summed E-state index contributed by atoms with van der Waals surface area (Å²) >= 11 is 3.30. The second kappa shape index (κ2) is 6.41. The summed E-state index contributed by atoms with van der Waals surface area (Å²) in [5.74, 6) is 0.398. The fraction of sp³-hybridized carbons (Fsp3) is 0.615. The predicted octanol–water partition coefficient (Wildman–Crippen LogP) is 2.84. The Morgan fingerprint density at radius 2 is 2.20 bits per heavy atom. The monoisotopic (exact) mass is 361 g/mol. The van der Waals surface area contributed by atoms with Crippen LogP contribution >= 0.6 is 15.9 Å². The molecule has 0 bridgehead atoms. The molecule has 1 saturated carbocycles. The third-order valence-corrected chi connectivity index (χ3v) is 5.73. The summed E-state index contributed by atoms with van der Waals surface area (Å²) in [5, 5.41) is 2.86. The maximum absolute atomic E-state index is 12.9. The van der Waals surface area contributed by atoms with E-state index in [-0.39, 0.29) is 10.9 Å². The SMILES string of the molecule is CCCCN(C1CC1)S(=O)(=O)c1cc(Br)cnc1NC. The predicted molar refractivity (Wildman–Crippen MR) is 83.3 cm³/mol. The maximum Gasteiger partial charge on any atom is 0.247 e. The summed E-state index contributed by atoms with van der Waals surface area (Å²) in [4.78, 5) is 4.39. The van der Waals surface area contributed by atoms with E-state index in [2.05, 4.69) is 33.2 Å². The number of sulfonamides is 1. The van der Waals surface area contributed by atoms with Crippen LogP contribution in [0, 0.1) is 0 Å². The standard InChI is InChI=1S/C13H20BrN3O2S/c1-3-4-7-17(11-5-6-11)20(18,19)12-8-10(14)9-16-13(12)15-2/h8-9,11H,3-7H2,1-2H3,(H,15,16). The van der Waals surface area contributed by atoms with Gasteiger partial charge in [-0.25, -0.2) is 13.4 Å². The lowest BCUT2D eigenvalue weighted by molar-refractivity contribution is 0.396. The summed E-state index contributed by atoms with van der Waals surface area (Å²) < 4.78 is 28.1. The molecule has 0 atom stereocenters. The average Bonchev–Trinajstić information content (AvgIpc) is 3.23. The van der Waals surface area contributed by atoms with Crippen molar-refractivity contribution in [1.82, 2.24) is 9.29 Å². The molecule has 112 valence electrons.